The summed E-state index contributed by atoms with van der Waals surface area (Å²) in [7, 11) is 8.14. The van der Waals surface area contributed by atoms with Crippen LogP contribution in [0.4, 0.5) is 11.4 Å². The van der Waals surface area contributed by atoms with E-state index in [1.54, 1.807) is 12.1 Å². The minimum Gasteiger partial charge on any atom is -0.478 e. The third-order valence-electron chi connectivity index (χ3n) is 9.11. The average Bonchev–Trinajstić information content (AvgIpc) is 3.47. The van der Waals surface area contributed by atoms with Gasteiger partial charge >= 0.3 is 5.97 Å². The largest absolute Gasteiger partial charge is 0.478 e. The molecule has 0 spiro atoms. The summed E-state index contributed by atoms with van der Waals surface area (Å²) in [6.45, 7) is 0. The summed E-state index contributed by atoms with van der Waals surface area (Å²) < 4.78 is 2.33. The summed E-state index contributed by atoms with van der Waals surface area (Å²) in [5.74, 6) is -0.108. The molecule has 1 N–H and O–H groups in total. The molecule has 1 fully saturated rings. The molecule has 8 heteroatoms. The number of rotatable bonds is 7. The standard InChI is InChI=1S/C38H38N6O2/c1-42(2)28-16-10-24(11-17-28)35-36(25-12-18-29(19-13-25)43(3)4)40-32-22-26(14-20-31(32)39-35)37-41-33-23-27(38(45)46)15-21-34(33)44(37)30-8-6-5-7-9-30/h10-23,30H,5-9H2,1-4H3,(H,45,46). The minimum absolute atomic E-state index is 0.243. The van der Waals surface area contributed by atoms with Gasteiger partial charge < -0.3 is 19.5 Å². The van der Waals surface area contributed by atoms with E-state index in [0.717, 1.165) is 74.7 Å². The van der Waals surface area contributed by atoms with Gasteiger partial charge in [0.25, 0.3) is 0 Å². The molecule has 6 aromatic rings. The molecule has 0 unspecified atom stereocenters. The van der Waals surface area contributed by atoms with Gasteiger partial charge in [-0.3, -0.25) is 0 Å². The normalized spacial score (nSPS) is 13.7. The van der Waals surface area contributed by atoms with E-state index in [4.69, 9.17) is 15.0 Å². The van der Waals surface area contributed by atoms with E-state index in [2.05, 4.69) is 75.0 Å². The van der Waals surface area contributed by atoms with Crippen molar-refractivity contribution in [2.75, 3.05) is 38.0 Å². The second-order valence-electron chi connectivity index (χ2n) is 12.6. The number of fused-ring (bicyclic) bond motifs is 2. The third kappa shape index (κ3) is 5.44. The second-order valence-corrected chi connectivity index (χ2v) is 12.6. The fraction of sp³-hybridized carbons (Fsp3) is 0.263. The summed E-state index contributed by atoms with van der Waals surface area (Å²) in [5, 5.41) is 9.65. The van der Waals surface area contributed by atoms with Crippen molar-refractivity contribution in [1.82, 2.24) is 19.5 Å². The SMILES string of the molecule is CN(C)c1ccc(-c2nc3ccc(-c4nc5cc(C(=O)O)ccc5n4C4CCCCC4)cc3nc2-c2ccc(N(C)C)cc2)cc1. The molecule has 232 valence electrons. The van der Waals surface area contributed by atoms with Gasteiger partial charge in [0.2, 0.25) is 0 Å². The van der Waals surface area contributed by atoms with Crippen molar-refractivity contribution >= 4 is 39.4 Å². The van der Waals surface area contributed by atoms with Crippen molar-refractivity contribution in [2.45, 2.75) is 38.1 Å². The summed E-state index contributed by atoms with van der Waals surface area (Å²) in [6, 6.07) is 28.6. The van der Waals surface area contributed by atoms with E-state index in [0.29, 0.717) is 11.6 Å². The topological polar surface area (TPSA) is 87.4 Å². The van der Waals surface area contributed by atoms with Crippen molar-refractivity contribution in [2.24, 2.45) is 0 Å². The molecule has 1 aliphatic rings. The first-order valence-corrected chi connectivity index (χ1v) is 15.9. The van der Waals surface area contributed by atoms with Crippen molar-refractivity contribution < 1.29 is 9.90 Å². The van der Waals surface area contributed by atoms with Crippen molar-refractivity contribution in [3.63, 3.8) is 0 Å². The number of hydrogen-bond donors (Lipinski definition) is 1. The minimum atomic E-state index is -0.949. The molecular formula is C38H38N6O2. The molecule has 1 saturated carbocycles. The number of aromatic carboxylic acids is 1. The van der Waals surface area contributed by atoms with Gasteiger partial charge in [-0.05, 0) is 73.5 Å². The van der Waals surface area contributed by atoms with Crippen LogP contribution >= 0.6 is 0 Å². The van der Waals surface area contributed by atoms with Crippen LogP contribution in [0.3, 0.4) is 0 Å². The number of anilines is 2. The molecule has 8 nitrogen and oxygen atoms in total. The van der Waals surface area contributed by atoms with Gasteiger partial charge in [-0.1, -0.05) is 43.5 Å². The lowest BCUT2D eigenvalue weighted by Gasteiger charge is -2.25. The first-order valence-electron chi connectivity index (χ1n) is 15.9. The van der Waals surface area contributed by atoms with Gasteiger partial charge in [-0.2, -0.15) is 0 Å². The number of carboxylic acid groups (broad SMARTS) is 1. The van der Waals surface area contributed by atoms with Gasteiger partial charge in [0.1, 0.15) is 5.82 Å². The number of benzene rings is 4. The van der Waals surface area contributed by atoms with Crippen LogP contribution in [0.5, 0.6) is 0 Å². The molecule has 0 amide bonds. The fourth-order valence-corrected chi connectivity index (χ4v) is 6.58. The Kier molecular flexibility index (Phi) is 7.64. The maximum absolute atomic E-state index is 11.8. The predicted molar refractivity (Wildman–Crippen MR) is 187 cm³/mol. The molecule has 0 radical (unpaired) electrons. The van der Waals surface area contributed by atoms with E-state index in [1.807, 2.05) is 40.3 Å². The molecule has 2 heterocycles. The number of imidazole rings is 1. The van der Waals surface area contributed by atoms with Crippen LogP contribution < -0.4 is 9.80 Å². The second kappa shape index (κ2) is 11.9. The number of carboxylic acids is 1. The van der Waals surface area contributed by atoms with E-state index in [1.165, 1.54) is 19.3 Å². The molecule has 0 saturated heterocycles. The van der Waals surface area contributed by atoms with E-state index in [9.17, 15) is 9.90 Å². The van der Waals surface area contributed by atoms with Crippen LogP contribution in [0, 0.1) is 0 Å². The lowest BCUT2D eigenvalue weighted by atomic mass is 9.94. The molecule has 0 atom stereocenters. The van der Waals surface area contributed by atoms with Crippen LogP contribution in [0.1, 0.15) is 48.5 Å². The molecule has 46 heavy (non-hydrogen) atoms. The lowest BCUT2D eigenvalue weighted by Crippen LogP contribution is -2.14. The summed E-state index contributed by atoms with van der Waals surface area (Å²) >= 11 is 0. The van der Waals surface area contributed by atoms with Crippen LogP contribution in [-0.2, 0) is 0 Å². The average molecular weight is 611 g/mol. The Bertz CT molecular complexity index is 2060. The highest BCUT2D eigenvalue weighted by molar-refractivity contribution is 5.94. The van der Waals surface area contributed by atoms with Crippen molar-refractivity contribution in [3.05, 3.63) is 90.5 Å². The zero-order chi connectivity index (χ0) is 31.9. The van der Waals surface area contributed by atoms with Gasteiger partial charge in [-0.15, -0.1) is 0 Å². The van der Waals surface area contributed by atoms with Crippen molar-refractivity contribution in [1.29, 1.82) is 0 Å². The third-order valence-corrected chi connectivity index (χ3v) is 9.11. The molecule has 1 aliphatic carbocycles. The monoisotopic (exact) mass is 610 g/mol. The Morgan fingerprint density at radius 3 is 1.78 bits per heavy atom. The fourth-order valence-electron chi connectivity index (χ4n) is 6.58. The summed E-state index contributed by atoms with van der Waals surface area (Å²) in [4.78, 5) is 31.5. The number of carbonyl (C=O) groups is 1. The van der Waals surface area contributed by atoms with Crippen LogP contribution in [0.2, 0.25) is 0 Å². The highest BCUT2D eigenvalue weighted by atomic mass is 16.4. The Morgan fingerprint density at radius 1 is 0.652 bits per heavy atom. The highest BCUT2D eigenvalue weighted by Gasteiger charge is 2.24. The zero-order valence-corrected chi connectivity index (χ0v) is 26.7. The molecular weight excluding hydrogens is 572 g/mol. The quantitative estimate of drug-likeness (QED) is 0.194. The first kappa shape index (κ1) is 29.5. The summed E-state index contributed by atoms with van der Waals surface area (Å²) in [6.07, 6.45) is 5.75. The van der Waals surface area contributed by atoms with Crippen LogP contribution in [0.15, 0.2) is 84.9 Å². The van der Waals surface area contributed by atoms with Gasteiger partial charge in [0.15, 0.2) is 0 Å². The number of aromatic nitrogens is 4. The summed E-state index contributed by atoms with van der Waals surface area (Å²) in [5.41, 5.74) is 10.3. The smallest absolute Gasteiger partial charge is 0.335 e. The maximum Gasteiger partial charge on any atom is 0.335 e. The maximum atomic E-state index is 11.8. The molecule has 4 aromatic carbocycles. The van der Waals surface area contributed by atoms with E-state index >= 15 is 0 Å². The Balaban J connectivity index is 1.40. The van der Waals surface area contributed by atoms with Crippen molar-refractivity contribution in [3.8, 4) is 33.9 Å². The van der Waals surface area contributed by atoms with E-state index < -0.39 is 5.97 Å². The molecule has 7 rings (SSSR count). The Hall–Kier alpha value is -5.24. The van der Waals surface area contributed by atoms with Gasteiger partial charge in [-0.25, -0.2) is 19.7 Å². The zero-order valence-electron chi connectivity index (χ0n) is 26.7. The van der Waals surface area contributed by atoms with Crippen LogP contribution in [0.25, 0.3) is 56.0 Å². The Morgan fingerprint density at radius 2 is 1.22 bits per heavy atom. The van der Waals surface area contributed by atoms with Crippen LogP contribution in [-0.4, -0.2) is 58.8 Å². The Labute approximate surface area is 269 Å². The molecule has 0 aliphatic heterocycles. The van der Waals surface area contributed by atoms with Gasteiger partial charge in [0, 0.05) is 62.3 Å². The molecule has 2 aromatic heterocycles. The number of nitrogens with zero attached hydrogens (tertiary/aromatic N) is 6. The van der Waals surface area contributed by atoms with Gasteiger partial charge in [0.05, 0.1) is 39.0 Å². The van der Waals surface area contributed by atoms with E-state index in [-0.39, 0.29) is 5.56 Å². The lowest BCUT2D eigenvalue weighted by molar-refractivity contribution is 0.0697. The first-order chi connectivity index (χ1) is 22.3. The molecule has 0 bridgehead atoms. The highest BCUT2D eigenvalue weighted by Crippen LogP contribution is 2.38. The number of hydrogen-bond acceptors (Lipinski definition) is 6. The predicted octanol–water partition coefficient (Wildman–Crippen LogP) is 8.32.